The minimum absolute atomic E-state index is 0.643. The van der Waals surface area contributed by atoms with Gasteiger partial charge < -0.3 is 9.13 Å². The van der Waals surface area contributed by atoms with Crippen LogP contribution in [0.15, 0.2) is 188 Å². The molecule has 3 heterocycles. The number of hydrogen-bond donors (Lipinski definition) is 0. The van der Waals surface area contributed by atoms with Crippen LogP contribution < -0.4 is 0 Å². The van der Waals surface area contributed by atoms with Gasteiger partial charge in [0.05, 0.1) is 22.1 Å². The van der Waals surface area contributed by atoms with E-state index in [0.717, 1.165) is 35.2 Å². The monoisotopic (exact) mass is 741 g/mol. The molecule has 0 saturated carbocycles. The lowest BCUT2D eigenvalue weighted by Crippen LogP contribution is -2.03. The maximum Gasteiger partial charge on any atom is 0.164 e. The van der Waals surface area contributed by atoms with E-state index in [-0.39, 0.29) is 0 Å². The number of rotatable bonds is 6. The van der Waals surface area contributed by atoms with Crippen LogP contribution >= 0.6 is 0 Å². The van der Waals surface area contributed by atoms with E-state index in [4.69, 9.17) is 15.0 Å². The fourth-order valence-electron chi connectivity index (χ4n) is 9.25. The summed E-state index contributed by atoms with van der Waals surface area (Å²) in [6.45, 7) is 0. The van der Waals surface area contributed by atoms with Crippen molar-refractivity contribution in [3.63, 3.8) is 0 Å². The largest absolute Gasteiger partial charge is 0.309 e. The number of aryl methyl sites for hydroxylation is 2. The van der Waals surface area contributed by atoms with Gasteiger partial charge in [0.15, 0.2) is 17.5 Å². The van der Waals surface area contributed by atoms with Gasteiger partial charge in [0.1, 0.15) is 0 Å². The summed E-state index contributed by atoms with van der Waals surface area (Å²) in [6.07, 6.45) is 1.96. The second-order valence-corrected chi connectivity index (χ2v) is 15.1. The van der Waals surface area contributed by atoms with Crippen molar-refractivity contribution in [3.05, 3.63) is 199 Å². The van der Waals surface area contributed by atoms with E-state index in [9.17, 15) is 0 Å². The molecular weight excluding hydrogens is 707 g/mol. The third-order valence-electron chi connectivity index (χ3n) is 11.8. The van der Waals surface area contributed by atoms with Crippen LogP contribution in [-0.4, -0.2) is 24.1 Å². The highest BCUT2D eigenvalue weighted by Crippen LogP contribution is 2.46. The van der Waals surface area contributed by atoms with Crippen LogP contribution in [0, 0.1) is 0 Å². The average molecular weight is 742 g/mol. The van der Waals surface area contributed by atoms with Gasteiger partial charge in [-0.3, -0.25) is 0 Å². The molecule has 0 radical (unpaired) electrons. The SMILES string of the molecule is c1ccc(-c2ccc(-n3c4ccccc4c4cc5c6c(c43)CCc3cccc(c36)n5-c3cccc(-c4nc(-c5ccccc5)nc(-c5ccccc5)n4)c3)cc2)cc1. The van der Waals surface area contributed by atoms with E-state index in [1.807, 2.05) is 36.4 Å². The Bertz CT molecular complexity index is 3310. The smallest absolute Gasteiger partial charge is 0.164 e. The summed E-state index contributed by atoms with van der Waals surface area (Å²) in [5.41, 5.74) is 15.3. The Labute approximate surface area is 335 Å². The average Bonchev–Trinajstić information content (AvgIpc) is 3.82. The summed E-state index contributed by atoms with van der Waals surface area (Å²) >= 11 is 0. The molecule has 11 aromatic rings. The zero-order valence-corrected chi connectivity index (χ0v) is 31.5. The van der Waals surface area contributed by atoms with Crippen LogP contribution in [0.4, 0.5) is 0 Å². The van der Waals surface area contributed by atoms with E-state index in [1.54, 1.807) is 0 Å². The van der Waals surface area contributed by atoms with Crippen molar-refractivity contribution in [2.24, 2.45) is 0 Å². The van der Waals surface area contributed by atoms with Crippen LogP contribution in [0.3, 0.4) is 0 Å². The van der Waals surface area contributed by atoms with Gasteiger partial charge in [-0.1, -0.05) is 146 Å². The Kier molecular flexibility index (Phi) is 7.29. The molecule has 1 aliphatic rings. The second kappa shape index (κ2) is 13.0. The Morgan fingerprint density at radius 1 is 0.345 bits per heavy atom. The second-order valence-electron chi connectivity index (χ2n) is 15.1. The topological polar surface area (TPSA) is 48.5 Å². The molecule has 12 rings (SSSR count). The molecule has 0 atom stereocenters. The number of nitrogens with zero attached hydrogens (tertiary/aromatic N) is 5. The number of benzene rings is 8. The molecule has 0 fully saturated rings. The summed E-state index contributed by atoms with van der Waals surface area (Å²) in [4.78, 5) is 15.1. The third-order valence-corrected chi connectivity index (χ3v) is 11.8. The van der Waals surface area contributed by atoms with Gasteiger partial charge in [-0.2, -0.15) is 0 Å². The van der Waals surface area contributed by atoms with Crippen LogP contribution in [0.5, 0.6) is 0 Å². The van der Waals surface area contributed by atoms with Crippen molar-refractivity contribution in [2.75, 3.05) is 0 Å². The summed E-state index contributed by atoms with van der Waals surface area (Å²) < 4.78 is 4.96. The fraction of sp³-hybridized carbons (Fsp3) is 0.0377. The van der Waals surface area contributed by atoms with Crippen LogP contribution in [-0.2, 0) is 12.8 Å². The Morgan fingerprint density at radius 2 is 0.914 bits per heavy atom. The third kappa shape index (κ3) is 5.07. The minimum atomic E-state index is 0.643. The first kappa shape index (κ1) is 32.6. The molecule has 1 aliphatic carbocycles. The molecule has 0 unspecified atom stereocenters. The van der Waals surface area contributed by atoms with Gasteiger partial charge in [0.2, 0.25) is 0 Å². The highest BCUT2D eigenvalue weighted by molar-refractivity contribution is 6.22. The molecule has 0 bridgehead atoms. The molecule has 5 nitrogen and oxygen atoms in total. The maximum absolute atomic E-state index is 5.08. The van der Waals surface area contributed by atoms with Crippen molar-refractivity contribution < 1.29 is 0 Å². The molecule has 0 aliphatic heterocycles. The zero-order chi connectivity index (χ0) is 38.2. The molecule has 0 saturated heterocycles. The standard InChI is InChI=1S/C53H35N5/c1-4-14-34(15-5-1)35-26-29-40(30-27-35)58-45-24-11-10-23-42(45)44-33-47-49-43(50(44)58)31-28-36-20-13-25-46(48(36)49)57(47)41-22-12-21-39(32-41)53-55-51(37-16-6-2-7-17-37)54-52(56-53)38-18-8-3-9-19-38/h1-27,29-30,32-33H,28,31H2. The molecule has 8 aromatic carbocycles. The highest BCUT2D eigenvalue weighted by Gasteiger charge is 2.27. The number of fused-ring (bicyclic) bond motifs is 4. The molecule has 272 valence electrons. The Morgan fingerprint density at radius 3 is 1.62 bits per heavy atom. The van der Waals surface area contributed by atoms with Crippen molar-refractivity contribution in [2.45, 2.75) is 12.8 Å². The summed E-state index contributed by atoms with van der Waals surface area (Å²) in [7, 11) is 0. The van der Waals surface area contributed by atoms with Crippen LogP contribution in [0.2, 0.25) is 0 Å². The lowest BCUT2D eigenvalue weighted by molar-refractivity contribution is 0.969. The molecule has 0 N–H and O–H groups in total. The Balaban J connectivity index is 1.09. The van der Waals surface area contributed by atoms with E-state index in [2.05, 4.69) is 161 Å². The Hall–Kier alpha value is -7.63. The molecule has 58 heavy (non-hydrogen) atoms. The van der Waals surface area contributed by atoms with Gasteiger partial charge >= 0.3 is 0 Å². The van der Waals surface area contributed by atoms with Crippen LogP contribution in [0.1, 0.15) is 11.1 Å². The quantitative estimate of drug-likeness (QED) is 0.170. The van der Waals surface area contributed by atoms with Crippen molar-refractivity contribution >= 4 is 43.6 Å². The van der Waals surface area contributed by atoms with Crippen LogP contribution in [0.25, 0.3) is 100 Å². The lowest BCUT2D eigenvalue weighted by Gasteiger charge is -2.17. The van der Waals surface area contributed by atoms with Gasteiger partial charge in [-0.15, -0.1) is 0 Å². The van der Waals surface area contributed by atoms with E-state index < -0.39 is 0 Å². The van der Waals surface area contributed by atoms with E-state index >= 15 is 0 Å². The molecule has 3 aromatic heterocycles. The first-order valence-corrected chi connectivity index (χ1v) is 19.9. The number of hydrogen-bond acceptors (Lipinski definition) is 3. The van der Waals surface area contributed by atoms with Crippen molar-refractivity contribution in [3.8, 4) is 56.7 Å². The summed E-state index contributed by atoms with van der Waals surface area (Å²) in [5.74, 6) is 1.95. The number of aromatic nitrogens is 5. The van der Waals surface area contributed by atoms with E-state index in [1.165, 1.54) is 71.6 Å². The zero-order valence-electron chi connectivity index (χ0n) is 31.5. The normalized spacial score (nSPS) is 12.3. The van der Waals surface area contributed by atoms with Crippen molar-refractivity contribution in [1.29, 1.82) is 0 Å². The predicted molar refractivity (Wildman–Crippen MR) is 238 cm³/mol. The molecule has 5 heteroatoms. The molecule has 0 amide bonds. The maximum atomic E-state index is 5.08. The minimum Gasteiger partial charge on any atom is -0.309 e. The first-order chi connectivity index (χ1) is 28.8. The summed E-state index contributed by atoms with van der Waals surface area (Å²) in [6, 6.07) is 66.8. The summed E-state index contributed by atoms with van der Waals surface area (Å²) in [5, 5.41) is 5.22. The fourth-order valence-corrected chi connectivity index (χ4v) is 9.25. The highest BCUT2D eigenvalue weighted by atomic mass is 15.0. The predicted octanol–water partition coefficient (Wildman–Crippen LogP) is 12.8. The van der Waals surface area contributed by atoms with Gasteiger partial charge in [0.25, 0.3) is 0 Å². The molecule has 0 spiro atoms. The van der Waals surface area contributed by atoms with E-state index in [0.29, 0.717) is 17.5 Å². The van der Waals surface area contributed by atoms with Gasteiger partial charge in [-0.05, 0) is 77.6 Å². The number of para-hydroxylation sites is 1. The van der Waals surface area contributed by atoms with Gasteiger partial charge in [-0.25, -0.2) is 15.0 Å². The first-order valence-electron chi connectivity index (χ1n) is 19.9. The van der Waals surface area contributed by atoms with Gasteiger partial charge in [0, 0.05) is 49.6 Å². The van der Waals surface area contributed by atoms with Crippen molar-refractivity contribution in [1.82, 2.24) is 24.1 Å². The molecular formula is C53H35N5. The lowest BCUT2D eigenvalue weighted by atomic mass is 9.89.